The molecule has 1 saturated heterocycles. The van der Waals surface area contributed by atoms with Crippen molar-refractivity contribution in [2.75, 3.05) is 26.5 Å². The Balaban J connectivity index is 1.20. The molecule has 268 valence electrons. The summed E-state index contributed by atoms with van der Waals surface area (Å²) >= 11 is 0.995. The van der Waals surface area contributed by atoms with Crippen LogP contribution < -0.4 is 5.73 Å². The number of aliphatic hydroxyl groups is 1. The highest BCUT2D eigenvalue weighted by molar-refractivity contribution is 8.13. The number of thioether (sulfide) groups is 1. The van der Waals surface area contributed by atoms with Crippen molar-refractivity contribution in [3.63, 3.8) is 0 Å². The third-order valence-corrected chi connectivity index (χ3v) is 13.6. The summed E-state index contributed by atoms with van der Waals surface area (Å²) in [6.45, 7) is 3.94. The van der Waals surface area contributed by atoms with Crippen LogP contribution in [0.4, 0.5) is 4.39 Å². The molecule has 5 aliphatic rings. The number of allylic oxidation sites excluding steroid dienone is 1. The number of aromatic nitrogens is 2. The lowest BCUT2D eigenvalue weighted by atomic mass is 9.44. The molecule has 0 radical (unpaired) electrons. The van der Waals surface area contributed by atoms with Gasteiger partial charge in [-0.05, 0) is 93.4 Å². The number of rotatable bonds is 7. The first kappa shape index (κ1) is 34.9. The Morgan fingerprint density at radius 1 is 1.16 bits per heavy atom. The number of likely N-dealkylation sites (tertiary alicyclic amines) is 1. The van der Waals surface area contributed by atoms with Gasteiger partial charge in [-0.3, -0.25) is 14.4 Å². The zero-order valence-corrected chi connectivity index (χ0v) is 29.8. The van der Waals surface area contributed by atoms with Gasteiger partial charge in [-0.15, -0.1) is 0 Å². The highest BCUT2D eigenvalue weighted by Gasteiger charge is 2.75. The molecular weight excluding hydrogens is 663 g/mol. The molecule has 3 saturated carbocycles. The van der Waals surface area contributed by atoms with Crippen molar-refractivity contribution in [3.05, 3.63) is 52.9 Å². The van der Waals surface area contributed by atoms with Crippen molar-refractivity contribution in [2.45, 2.75) is 88.6 Å². The number of benzene rings is 1. The molecule has 4 aliphatic carbocycles. The van der Waals surface area contributed by atoms with E-state index in [1.165, 1.54) is 12.0 Å². The van der Waals surface area contributed by atoms with Crippen molar-refractivity contribution in [1.82, 2.24) is 14.7 Å². The molecule has 8 atom stereocenters. The molecule has 11 nitrogen and oxygen atoms in total. The van der Waals surface area contributed by atoms with E-state index in [9.17, 15) is 24.3 Å². The number of amides is 2. The van der Waals surface area contributed by atoms with Crippen molar-refractivity contribution < 1.29 is 38.1 Å². The number of esters is 1. The van der Waals surface area contributed by atoms with E-state index < -0.39 is 52.0 Å². The lowest BCUT2D eigenvalue weighted by Gasteiger charge is -2.63. The van der Waals surface area contributed by atoms with Crippen LogP contribution in [0.1, 0.15) is 80.4 Å². The second-order valence-corrected chi connectivity index (χ2v) is 16.0. The van der Waals surface area contributed by atoms with Crippen molar-refractivity contribution in [2.24, 2.45) is 28.4 Å². The van der Waals surface area contributed by atoms with Gasteiger partial charge in [0.25, 0.3) is 5.91 Å². The van der Waals surface area contributed by atoms with Crippen LogP contribution in [0.3, 0.4) is 0 Å². The number of carbonyl (C=O) groups is 4. The van der Waals surface area contributed by atoms with E-state index in [1.54, 1.807) is 35.3 Å². The van der Waals surface area contributed by atoms with Gasteiger partial charge in [0.05, 0.1) is 23.7 Å². The molecule has 2 aromatic rings. The van der Waals surface area contributed by atoms with Crippen LogP contribution in [-0.4, -0.2) is 92.6 Å². The Kier molecular flexibility index (Phi) is 8.58. The van der Waals surface area contributed by atoms with Gasteiger partial charge in [-0.25, -0.2) is 13.9 Å². The molecule has 0 spiro atoms. The first-order valence-electron chi connectivity index (χ1n) is 17.4. The van der Waals surface area contributed by atoms with Gasteiger partial charge >= 0.3 is 5.97 Å². The number of alkyl halides is 1. The van der Waals surface area contributed by atoms with Crippen LogP contribution in [-0.2, 0) is 30.3 Å². The zero-order chi connectivity index (χ0) is 35.8. The number of primary amides is 1. The molecule has 0 bridgehead atoms. The molecule has 1 aromatic carbocycles. The number of ether oxygens (including phenoxy) is 2. The fourth-order valence-corrected chi connectivity index (χ4v) is 11.2. The summed E-state index contributed by atoms with van der Waals surface area (Å²) in [6.07, 6.45) is 7.32. The van der Waals surface area contributed by atoms with Gasteiger partial charge in [-0.1, -0.05) is 37.2 Å². The fraction of sp³-hybridized carbons (Fsp3) is 0.595. The van der Waals surface area contributed by atoms with Crippen LogP contribution in [0.2, 0.25) is 0 Å². The molecule has 4 fully saturated rings. The van der Waals surface area contributed by atoms with Gasteiger partial charge in [0.1, 0.15) is 18.3 Å². The number of nitrogens with two attached hydrogens (primary N) is 1. The molecular formula is C37H45FN4O7S. The lowest BCUT2D eigenvalue weighted by Crippen LogP contribution is -2.70. The van der Waals surface area contributed by atoms with E-state index in [1.807, 2.05) is 26.0 Å². The fourth-order valence-electron chi connectivity index (χ4n) is 10.5. The van der Waals surface area contributed by atoms with Crippen LogP contribution in [0, 0.1) is 22.7 Å². The molecule has 50 heavy (non-hydrogen) atoms. The lowest BCUT2D eigenvalue weighted by molar-refractivity contribution is -0.229. The van der Waals surface area contributed by atoms with Crippen molar-refractivity contribution in [1.29, 1.82) is 0 Å². The normalized spacial score (nSPS) is 35.7. The summed E-state index contributed by atoms with van der Waals surface area (Å²) in [5.41, 5.74) is 3.66. The number of carbonyl (C=O) groups excluding carboxylic acids is 4. The third-order valence-electron chi connectivity index (χ3n) is 12.9. The number of methoxy groups -OCH3 is 1. The number of aliphatic hydroxyl groups excluding tert-OH is 1. The first-order valence-corrected chi connectivity index (χ1v) is 18.6. The molecule has 2 amide bonds. The predicted octanol–water partition coefficient (Wildman–Crippen LogP) is 4.03. The monoisotopic (exact) mass is 708 g/mol. The predicted molar refractivity (Wildman–Crippen MR) is 184 cm³/mol. The standard InChI is InChI=1S/C37H45FN4O7S/c1-34-17-22-19-40-42(24-8-5-7-21(15-24)32(46)41-14-6-9-27(41)31(39)45)28(22)16-23(34)10-11-26-25-12-13-36(33(47)50-4,49-30(44)20-48-3)35(25,2)18-29(43)37(26,34)38/h5,7-8,15-16,19,25-27,29,43H,6,9-14,17-18,20H2,1-4H3,(H2,39,45)/t25-,26-,27+,29?,34?,35-,36-,37?/m0/s1. The van der Waals surface area contributed by atoms with Crippen molar-refractivity contribution in [3.8, 4) is 5.69 Å². The second kappa shape index (κ2) is 12.3. The highest BCUT2D eigenvalue weighted by Crippen LogP contribution is 2.71. The quantitative estimate of drug-likeness (QED) is 0.406. The maximum Gasteiger partial charge on any atom is 0.333 e. The van der Waals surface area contributed by atoms with E-state index in [0.717, 1.165) is 28.6 Å². The molecule has 2 heterocycles. The van der Waals surface area contributed by atoms with E-state index in [-0.39, 0.29) is 36.4 Å². The molecule has 7 rings (SSSR count). The summed E-state index contributed by atoms with van der Waals surface area (Å²) in [5.74, 6) is -2.29. The van der Waals surface area contributed by atoms with Gasteiger partial charge < -0.3 is 25.2 Å². The minimum Gasteiger partial charge on any atom is -0.448 e. The van der Waals surface area contributed by atoms with Crippen LogP contribution in [0.5, 0.6) is 0 Å². The Bertz CT molecular complexity index is 1800. The highest BCUT2D eigenvalue weighted by atomic mass is 32.2. The van der Waals surface area contributed by atoms with E-state index >= 15 is 4.39 Å². The van der Waals surface area contributed by atoms with Gasteiger partial charge in [-0.2, -0.15) is 5.10 Å². The minimum atomic E-state index is -2.00. The summed E-state index contributed by atoms with van der Waals surface area (Å²) in [4.78, 5) is 53.3. The molecule has 3 unspecified atom stereocenters. The summed E-state index contributed by atoms with van der Waals surface area (Å²) in [5, 5.41) is 16.4. The maximum atomic E-state index is 18.2. The number of hydrogen-bond acceptors (Lipinski definition) is 9. The zero-order valence-electron chi connectivity index (χ0n) is 28.9. The SMILES string of the molecule is COCC(=O)O[C@]1(C(=O)SC)CC[C@H]2[C@@H]3CCC4=Cc5c(cnn5-c5cccc(C(=O)N6CCC[C@@H]6C(N)=O)c5)CC4(C)C3(F)C(O)C[C@@]21C. The average molecular weight is 709 g/mol. The van der Waals surface area contributed by atoms with Gasteiger partial charge in [0.15, 0.2) is 5.60 Å². The van der Waals surface area contributed by atoms with Crippen LogP contribution in [0.25, 0.3) is 11.8 Å². The molecule has 1 aromatic heterocycles. The largest absolute Gasteiger partial charge is 0.448 e. The smallest absolute Gasteiger partial charge is 0.333 e. The Morgan fingerprint density at radius 3 is 2.66 bits per heavy atom. The third kappa shape index (κ3) is 4.78. The van der Waals surface area contributed by atoms with Gasteiger partial charge in [0.2, 0.25) is 11.0 Å². The molecule has 3 N–H and O–H groups in total. The Labute approximate surface area is 295 Å². The topological polar surface area (TPSA) is 154 Å². The summed E-state index contributed by atoms with van der Waals surface area (Å²) in [7, 11) is 1.38. The Morgan fingerprint density at radius 2 is 1.94 bits per heavy atom. The van der Waals surface area contributed by atoms with Gasteiger partial charge in [0, 0.05) is 36.0 Å². The number of nitrogens with zero attached hydrogens (tertiary/aromatic N) is 3. The number of fused-ring (bicyclic) bond motifs is 6. The summed E-state index contributed by atoms with van der Waals surface area (Å²) < 4.78 is 31.0. The second-order valence-electron chi connectivity index (χ2n) is 15.2. The maximum absolute atomic E-state index is 18.2. The van der Waals surface area contributed by atoms with Crippen molar-refractivity contribution >= 4 is 40.7 Å². The molecule has 13 heteroatoms. The van der Waals surface area contributed by atoms with E-state index in [4.69, 9.17) is 15.2 Å². The number of halogens is 1. The minimum absolute atomic E-state index is 0.0271. The Hall–Kier alpha value is -3.55. The summed E-state index contributed by atoms with van der Waals surface area (Å²) in [6, 6.07) is 6.47. The molecule has 1 aliphatic heterocycles. The number of hydrogen-bond donors (Lipinski definition) is 2. The van der Waals surface area contributed by atoms with Crippen LogP contribution >= 0.6 is 11.8 Å². The van der Waals surface area contributed by atoms with E-state index in [2.05, 4.69) is 5.10 Å². The van der Waals surface area contributed by atoms with Crippen LogP contribution in [0.15, 0.2) is 36.0 Å². The first-order chi connectivity index (χ1) is 23.8. The van der Waals surface area contributed by atoms with E-state index in [0.29, 0.717) is 56.3 Å². The average Bonchev–Trinajstić information content (AvgIpc) is 3.81.